The lowest BCUT2D eigenvalue weighted by molar-refractivity contribution is 0.104. The molecule has 0 bridgehead atoms. The molecule has 0 unspecified atom stereocenters. The Morgan fingerprint density at radius 2 is 1.31 bits per heavy atom. The molecule has 3 aromatic rings. The number of allylic oxidation sites excluding steroid dienone is 1. The lowest BCUT2D eigenvalue weighted by atomic mass is 10.0. The minimum Gasteiger partial charge on any atom is -0.494 e. The van der Waals surface area contributed by atoms with Gasteiger partial charge in [-0.05, 0) is 78.4 Å². The molecule has 3 aromatic carbocycles. The van der Waals surface area contributed by atoms with Gasteiger partial charge in [0.15, 0.2) is 5.78 Å². The van der Waals surface area contributed by atoms with Gasteiger partial charge in [-0.2, -0.15) is 0 Å². The van der Waals surface area contributed by atoms with Crippen molar-refractivity contribution in [2.45, 2.75) is 57.8 Å². The van der Waals surface area contributed by atoms with E-state index in [9.17, 15) is 9.18 Å². The SMILES string of the molecule is C=Cc1ccc(CCCCCCCCCCOc2ccc(C=CC(=O)c3ccc(F)cc3)cc2)cc1. The van der Waals surface area contributed by atoms with E-state index in [-0.39, 0.29) is 11.6 Å². The molecule has 3 rings (SSSR count). The number of benzene rings is 3. The van der Waals surface area contributed by atoms with Crippen LogP contribution in [0.2, 0.25) is 0 Å². The molecule has 0 aliphatic heterocycles. The predicted molar refractivity (Wildman–Crippen MR) is 149 cm³/mol. The number of unbranched alkanes of at least 4 members (excludes halogenated alkanes) is 7. The van der Waals surface area contributed by atoms with E-state index in [1.165, 1.54) is 92.8 Å². The molecule has 0 saturated heterocycles. The van der Waals surface area contributed by atoms with Crippen molar-refractivity contribution in [2.24, 2.45) is 0 Å². The van der Waals surface area contributed by atoms with Gasteiger partial charge in [-0.3, -0.25) is 4.79 Å². The average molecular weight is 485 g/mol. The van der Waals surface area contributed by atoms with E-state index in [2.05, 4.69) is 30.8 Å². The van der Waals surface area contributed by atoms with Gasteiger partial charge in [-0.1, -0.05) is 93.7 Å². The van der Waals surface area contributed by atoms with Crippen LogP contribution < -0.4 is 4.74 Å². The maximum Gasteiger partial charge on any atom is 0.185 e. The molecular formula is C33H37FO2. The van der Waals surface area contributed by atoms with Crippen LogP contribution in [0, 0.1) is 5.82 Å². The molecule has 0 aliphatic rings. The lowest BCUT2D eigenvalue weighted by Crippen LogP contribution is -1.97. The highest BCUT2D eigenvalue weighted by Crippen LogP contribution is 2.16. The number of ketones is 1. The molecule has 0 heterocycles. The first-order chi connectivity index (χ1) is 17.6. The second-order valence-corrected chi connectivity index (χ2v) is 9.15. The van der Waals surface area contributed by atoms with Crippen molar-refractivity contribution in [3.8, 4) is 5.75 Å². The van der Waals surface area contributed by atoms with Crippen LogP contribution in [0.15, 0.2) is 85.5 Å². The summed E-state index contributed by atoms with van der Waals surface area (Å²) in [6, 6.07) is 22.0. The monoisotopic (exact) mass is 484 g/mol. The largest absolute Gasteiger partial charge is 0.494 e. The smallest absolute Gasteiger partial charge is 0.185 e. The summed E-state index contributed by atoms with van der Waals surface area (Å²) >= 11 is 0. The molecule has 0 saturated carbocycles. The number of halogens is 1. The van der Waals surface area contributed by atoms with Crippen molar-refractivity contribution in [3.63, 3.8) is 0 Å². The summed E-state index contributed by atoms with van der Waals surface area (Å²) < 4.78 is 18.8. The predicted octanol–water partition coefficient (Wildman–Crippen LogP) is 9.11. The Morgan fingerprint density at radius 3 is 1.94 bits per heavy atom. The summed E-state index contributed by atoms with van der Waals surface area (Å²) in [5.74, 6) is 0.348. The quantitative estimate of drug-likeness (QED) is 0.115. The van der Waals surface area contributed by atoms with Gasteiger partial charge in [0.05, 0.1) is 6.61 Å². The molecule has 0 spiro atoms. The van der Waals surface area contributed by atoms with Crippen LogP contribution in [0.4, 0.5) is 4.39 Å². The third-order valence-corrected chi connectivity index (χ3v) is 6.28. The van der Waals surface area contributed by atoms with Crippen LogP contribution in [0.3, 0.4) is 0 Å². The zero-order valence-corrected chi connectivity index (χ0v) is 21.1. The minimum atomic E-state index is -0.348. The normalized spacial score (nSPS) is 11.0. The first kappa shape index (κ1) is 27.1. The number of rotatable bonds is 16. The molecule has 0 N–H and O–H groups in total. The van der Waals surface area contributed by atoms with Crippen molar-refractivity contribution in [1.82, 2.24) is 0 Å². The van der Waals surface area contributed by atoms with Gasteiger partial charge in [0.1, 0.15) is 11.6 Å². The summed E-state index contributed by atoms with van der Waals surface area (Å²) in [6.07, 6.45) is 16.3. The Balaban J connectivity index is 1.19. The van der Waals surface area contributed by atoms with E-state index in [1.54, 1.807) is 6.08 Å². The standard InChI is InChI=1S/C33H37FO2/c1-2-27-12-14-28(15-13-27)11-9-7-5-3-4-6-8-10-26-36-32-23-16-29(17-24-32)18-25-33(35)30-19-21-31(34)22-20-30/h2,12-25H,1,3-11,26H2. The van der Waals surface area contributed by atoms with Gasteiger partial charge in [0.2, 0.25) is 0 Å². The third kappa shape index (κ3) is 10.0. The zero-order valence-electron chi connectivity index (χ0n) is 21.1. The molecule has 0 aromatic heterocycles. The first-order valence-electron chi connectivity index (χ1n) is 13.1. The number of carbonyl (C=O) groups is 1. The molecule has 0 aliphatic carbocycles. The Labute approximate surface area is 215 Å². The summed E-state index contributed by atoms with van der Waals surface area (Å²) in [5.41, 5.74) is 4.00. The molecule has 0 atom stereocenters. The number of ether oxygens (including phenoxy) is 1. The highest BCUT2D eigenvalue weighted by Gasteiger charge is 2.02. The van der Waals surface area contributed by atoms with Crippen LogP contribution in [-0.4, -0.2) is 12.4 Å². The number of aryl methyl sites for hydroxylation is 1. The Morgan fingerprint density at radius 1 is 0.722 bits per heavy atom. The van der Waals surface area contributed by atoms with Crippen LogP contribution in [0.25, 0.3) is 12.2 Å². The summed E-state index contributed by atoms with van der Waals surface area (Å²) in [7, 11) is 0. The molecular weight excluding hydrogens is 447 g/mol. The minimum absolute atomic E-state index is 0.148. The Kier molecular flexibility index (Phi) is 11.7. The van der Waals surface area contributed by atoms with Gasteiger partial charge in [-0.25, -0.2) is 4.39 Å². The summed E-state index contributed by atoms with van der Waals surface area (Å²) in [5, 5.41) is 0. The lowest BCUT2D eigenvalue weighted by Gasteiger charge is -2.07. The second kappa shape index (κ2) is 15.5. The molecule has 2 nitrogen and oxygen atoms in total. The van der Waals surface area contributed by atoms with Crippen molar-refractivity contribution < 1.29 is 13.9 Å². The molecule has 0 radical (unpaired) electrons. The topological polar surface area (TPSA) is 26.3 Å². The third-order valence-electron chi connectivity index (χ3n) is 6.28. The van der Waals surface area contributed by atoms with Gasteiger partial charge in [-0.15, -0.1) is 0 Å². The van der Waals surface area contributed by atoms with Gasteiger partial charge < -0.3 is 4.74 Å². The fraction of sp³-hybridized carbons (Fsp3) is 0.303. The number of hydrogen-bond acceptors (Lipinski definition) is 2. The fourth-order valence-corrected chi connectivity index (χ4v) is 4.06. The van der Waals surface area contributed by atoms with E-state index >= 15 is 0 Å². The highest BCUT2D eigenvalue weighted by atomic mass is 19.1. The molecule has 36 heavy (non-hydrogen) atoms. The van der Waals surface area contributed by atoms with E-state index in [1.807, 2.05) is 30.3 Å². The summed E-state index contributed by atoms with van der Waals surface area (Å²) in [6.45, 7) is 4.52. The zero-order chi connectivity index (χ0) is 25.4. The van der Waals surface area contributed by atoms with Crippen LogP contribution in [-0.2, 0) is 6.42 Å². The van der Waals surface area contributed by atoms with Crippen LogP contribution in [0.1, 0.15) is 78.4 Å². The molecule has 0 amide bonds. The highest BCUT2D eigenvalue weighted by molar-refractivity contribution is 6.06. The van der Waals surface area contributed by atoms with Crippen molar-refractivity contribution >= 4 is 17.9 Å². The van der Waals surface area contributed by atoms with E-state index in [4.69, 9.17) is 4.74 Å². The average Bonchev–Trinajstić information content (AvgIpc) is 2.91. The fourth-order valence-electron chi connectivity index (χ4n) is 4.06. The Hall–Kier alpha value is -3.46. The van der Waals surface area contributed by atoms with Gasteiger partial charge in [0, 0.05) is 5.56 Å². The van der Waals surface area contributed by atoms with E-state index in [0.29, 0.717) is 5.56 Å². The summed E-state index contributed by atoms with van der Waals surface area (Å²) in [4.78, 5) is 12.1. The number of hydrogen-bond donors (Lipinski definition) is 0. The first-order valence-corrected chi connectivity index (χ1v) is 13.1. The van der Waals surface area contributed by atoms with Crippen molar-refractivity contribution in [2.75, 3.05) is 6.61 Å². The van der Waals surface area contributed by atoms with Crippen LogP contribution >= 0.6 is 0 Å². The van der Waals surface area contributed by atoms with Crippen molar-refractivity contribution in [3.05, 3.63) is 114 Å². The van der Waals surface area contributed by atoms with Gasteiger partial charge in [0.25, 0.3) is 0 Å². The molecule has 0 fully saturated rings. The van der Waals surface area contributed by atoms with E-state index in [0.717, 1.165) is 24.3 Å². The van der Waals surface area contributed by atoms with Gasteiger partial charge >= 0.3 is 0 Å². The maximum absolute atomic E-state index is 13.0. The molecule has 188 valence electrons. The Bertz CT molecular complexity index is 1080. The second-order valence-electron chi connectivity index (χ2n) is 9.15. The van der Waals surface area contributed by atoms with Crippen molar-refractivity contribution in [1.29, 1.82) is 0 Å². The van der Waals surface area contributed by atoms with Crippen LogP contribution in [0.5, 0.6) is 5.75 Å². The maximum atomic E-state index is 13.0. The molecule has 3 heteroatoms. The number of carbonyl (C=O) groups excluding carboxylic acids is 1. The van der Waals surface area contributed by atoms with E-state index < -0.39 is 0 Å².